The quantitative estimate of drug-likeness (QED) is 0.410. The first-order valence-electron chi connectivity index (χ1n) is 6.86. The second kappa shape index (κ2) is 7.75. The Kier molecular flexibility index (Phi) is 5.72. The fourth-order valence-electron chi connectivity index (χ4n) is 2.06. The molecule has 0 bridgehead atoms. The Labute approximate surface area is 137 Å². The summed E-state index contributed by atoms with van der Waals surface area (Å²) < 4.78 is 6.44. The Bertz CT molecular complexity index is 684. The molecular weight excluding hydrogens is 346 g/mol. The van der Waals surface area contributed by atoms with Gasteiger partial charge >= 0.3 is 5.69 Å². The Morgan fingerprint density at radius 3 is 2.64 bits per heavy atom. The molecule has 0 unspecified atom stereocenters. The van der Waals surface area contributed by atoms with Gasteiger partial charge in [0, 0.05) is 16.1 Å². The molecule has 22 heavy (non-hydrogen) atoms. The molecule has 0 aliphatic rings. The molecular formula is C17H16BrNO3. The molecule has 0 spiro atoms. The Morgan fingerprint density at radius 2 is 2.00 bits per heavy atom. The Morgan fingerprint density at radius 1 is 1.27 bits per heavy atom. The monoisotopic (exact) mass is 361 g/mol. The summed E-state index contributed by atoms with van der Waals surface area (Å²) >= 11 is 3.32. The molecule has 0 aromatic heterocycles. The van der Waals surface area contributed by atoms with E-state index in [9.17, 15) is 10.1 Å². The molecule has 4 nitrogen and oxygen atoms in total. The second-order valence-electron chi connectivity index (χ2n) is 4.72. The zero-order valence-corrected chi connectivity index (χ0v) is 13.7. The van der Waals surface area contributed by atoms with Gasteiger partial charge in [0.1, 0.15) is 6.61 Å². The summed E-state index contributed by atoms with van der Waals surface area (Å²) in [5.41, 5.74) is 1.73. The maximum atomic E-state index is 11.3. The van der Waals surface area contributed by atoms with E-state index < -0.39 is 4.92 Å². The molecule has 0 amide bonds. The van der Waals surface area contributed by atoms with Crippen molar-refractivity contribution in [3.05, 3.63) is 80.3 Å². The number of nitrogens with zero attached hydrogens (tertiary/aromatic N) is 1. The van der Waals surface area contributed by atoms with Crippen molar-refractivity contribution in [2.45, 2.75) is 20.0 Å². The van der Waals surface area contributed by atoms with E-state index in [1.807, 2.05) is 55.5 Å². The van der Waals surface area contributed by atoms with Gasteiger partial charge in [-0.1, -0.05) is 58.4 Å². The van der Waals surface area contributed by atoms with Crippen LogP contribution in [0.25, 0.3) is 0 Å². The third-order valence-electron chi connectivity index (χ3n) is 3.11. The third-order valence-corrected chi connectivity index (χ3v) is 3.57. The lowest BCUT2D eigenvalue weighted by Gasteiger charge is -2.12. The van der Waals surface area contributed by atoms with Crippen molar-refractivity contribution < 1.29 is 9.66 Å². The van der Waals surface area contributed by atoms with Crippen LogP contribution in [-0.2, 0) is 13.0 Å². The van der Waals surface area contributed by atoms with E-state index >= 15 is 0 Å². The first kappa shape index (κ1) is 16.2. The summed E-state index contributed by atoms with van der Waals surface area (Å²) in [6.07, 6.45) is 4.44. The van der Waals surface area contributed by atoms with Crippen molar-refractivity contribution in [2.24, 2.45) is 0 Å². The number of rotatable bonds is 6. The average Bonchev–Trinajstić information content (AvgIpc) is 2.52. The summed E-state index contributed by atoms with van der Waals surface area (Å²) in [5, 5.41) is 11.3. The standard InChI is InChI=1S/C17H16BrNO3/c1-2-3-9-14-10-15(18)11-16(19(20)21)17(14)22-12-13-7-5-4-6-8-13/h2-8,10-11H,9,12H2,1H3. The largest absolute Gasteiger partial charge is 0.482 e. The lowest BCUT2D eigenvalue weighted by molar-refractivity contribution is -0.386. The Balaban J connectivity index is 2.35. The molecule has 0 N–H and O–H groups in total. The first-order valence-corrected chi connectivity index (χ1v) is 7.65. The van der Waals surface area contributed by atoms with Crippen LogP contribution in [0.15, 0.2) is 59.1 Å². The van der Waals surface area contributed by atoms with E-state index in [1.54, 1.807) is 0 Å². The molecule has 0 aliphatic heterocycles. The lowest BCUT2D eigenvalue weighted by Crippen LogP contribution is -2.02. The topological polar surface area (TPSA) is 52.4 Å². The number of nitro benzene ring substituents is 1. The van der Waals surface area contributed by atoms with Crippen molar-refractivity contribution in [1.82, 2.24) is 0 Å². The minimum Gasteiger partial charge on any atom is -0.482 e. The van der Waals surface area contributed by atoms with Gasteiger partial charge in [-0.2, -0.15) is 0 Å². The van der Waals surface area contributed by atoms with Gasteiger partial charge in [-0.3, -0.25) is 10.1 Å². The van der Waals surface area contributed by atoms with Gasteiger partial charge in [0.15, 0.2) is 0 Å². The first-order chi connectivity index (χ1) is 10.6. The van der Waals surface area contributed by atoms with Crippen molar-refractivity contribution in [3.8, 4) is 5.75 Å². The van der Waals surface area contributed by atoms with Crippen molar-refractivity contribution in [2.75, 3.05) is 0 Å². The van der Waals surface area contributed by atoms with Crippen LogP contribution >= 0.6 is 15.9 Å². The highest BCUT2D eigenvalue weighted by molar-refractivity contribution is 9.10. The van der Waals surface area contributed by atoms with Gasteiger partial charge in [0.25, 0.3) is 0 Å². The molecule has 0 heterocycles. The minimum absolute atomic E-state index is 0.0233. The summed E-state index contributed by atoms with van der Waals surface area (Å²) in [5.74, 6) is 0.329. The van der Waals surface area contributed by atoms with Gasteiger partial charge < -0.3 is 4.74 Å². The van der Waals surface area contributed by atoms with Crippen LogP contribution in [0.3, 0.4) is 0 Å². The highest BCUT2D eigenvalue weighted by atomic mass is 79.9. The summed E-state index contributed by atoms with van der Waals surface area (Å²) in [6, 6.07) is 12.9. The van der Waals surface area contributed by atoms with E-state index in [0.717, 1.165) is 11.1 Å². The lowest BCUT2D eigenvalue weighted by atomic mass is 10.1. The van der Waals surface area contributed by atoms with E-state index in [4.69, 9.17) is 4.74 Å². The predicted octanol–water partition coefficient (Wildman–Crippen LogP) is 5.05. The van der Waals surface area contributed by atoms with Crippen LogP contribution in [0.1, 0.15) is 18.1 Å². The van der Waals surface area contributed by atoms with Crippen molar-refractivity contribution in [3.63, 3.8) is 0 Å². The van der Waals surface area contributed by atoms with Gasteiger partial charge in [-0.15, -0.1) is 0 Å². The molecule has 114 valence electrons. The van der Waals surface area contributed by atoms with Crippen LogP contribution in [0.5, 0.6) is 5.75 Å². The van der Waals surface area contributed by atoms with Crippen LogP contribution in [0, 0.1) is 10.1 Å². The zero-order chi connectivity index (χ0) is 15.9. The maximum absolute atomic E-state index is 11.3. The van der Waals surface area contributed by atoms with Crippen LogP contribution in [-0.4, -0.2) is 4.92 Å². The number of nitro groups is 1. The molecule has 0 aliphatic carbocycles. The van der Waals surface area contributed by atoms with Gasteiger partial charge in [-0.25, -0.2) is 0 Å². The van der Waals surface area contributed by atoms with Gasteiger partial charge in [0.2, 0.25) is 5.75 Å². The third kappa shape index (κ3) is 4.18. The molecule has 0 atom stereocenters. The molecule has 2 rings (SSSR count). The summed E-state index contributed by atoms with van der Waals surface area (Å²) in [6.45, 7) is 2.21. The van der Waals surface area contributed by atoms with Crippen LogP contribution in [0.4, 0.5) is 5.69 Å². The molecule has 2 aromatic carbocycles. The SMILES string of the molecule is CC=CCc1cc(Br)cc([N+](=O)[O-])c1OCc1ccccc1. The normalized spacial score (nSPS) is 10.8. The van der Waals surface area contributed by atoms with Crippen molar-refractivity contribution >= 4 is 21.6 Å². The number of hydrogen-bond donors (Lipinski definition) is 0. The minimum atomic E-state index is -0.412. The fraction of sp³-hybridized carbons (Fsp3) is 0.176. The van der Waals surface area contributed by atoms with E-state index in [2.05, 4.69) is 15.9 Å². The predicted molar refractivity (Wildman–Crippen MR) is 90.1 cm³/mol. The molecule has 0 fully saturated rings. The number of benzene rings is 2. The number of hydrogen-bond acceptors (Lipinski definition) is 3. The van der Waals surface area contributed by atoms with Gasteiger partial charge in [0.05, 0.1) is 4.92 Å². The number of ether oxygens (including phenoxy) is 1. The molecule has 0 saturated carbocycles. The van der Waals surface area contributed by atoms with E-state index in [0.29, 0.717) is 23.2 Å². The van der Waals surface area contributed by atoms with Crippen LogP contribution < -0.4 is 4.74 Å². The summed E-state index contributed by atoms with van der Waals surface area (Å²) in [4.78, 5) is 10.9. The van der Waals surface area contributed by atoms with E-state index in [1.165, 1.54) is 6.07 Å². The molecule has 2 aromatic rings. The molecule has 0 radical (unpaired) electrons. The van der Waals surface area contributed by atoms with Crippen molar-refractivity contribution in [1.29, 1.82) is 0 Å². The van der Waals surface area contributed by atoms with Crippen LogP contribution in [0.2, 0.25) is 0 Å². The zero-order valence-electron chi connectivity index (χ0n) is 12.2. The highest BCUT2D eigenvalue weighted by Gasteiger charge is 2.20. The second-order valence-corrected chi connectivity index (χ2v) is 5.63. The average molecular weight is 362 g/mol. The van der Waals surface area contributed by atoms with Gasteiger partial charge in [-0.05, 0) is 25.0 Å². The smallest absolute Gasteiger partial charge is 0.312 e. The highest BCUT2D eigenvalue weighted by Crippen LogP contribution is 2.35. The fourth-order valence-corrected chi connectivity index (χ4v) is 2.56. The summed E-state index contributed by atoms with van der Waals surface area (Å²) in [7, 11) is 0. The maximum Gasteiger partial charge on any atom is 0.312 e. The Hall–Kier alpha value is -2.14. The molecule has 0 saturated heterocycles. The number of halogens is 1. The number of allylic oxidation sites excluding steroid dienone is 2. The molecule has 5 heteroatoms. The van der Waals surface area contributed by atoms with E-state index in [-0.39, 0.29) is 5.69 Å².